The Morgan fingerprint density at radius 2 is 2.38 bits per heavy atom. The molecule has 66 valence electrons. The Morgan fingerprint density at radius 1 is 1.54 bits per heavy atom. The molecular weight excluding hydrogens is 170 g/mol. The van der Waals surface area contributed by atoms with Crippen molar-refractivity contribution in [2.24, 2.45) is 7.05 Å². The van der Waals surface area contributed by atoms with Gasteiger partial charge < -0.3 is 4.98 Å². The Hall–Kier alpha value is -1.98. The van der Waals surface area contributed by atoms with Crippen molar-refractivity contribution in [2.75, 3.05) is 0 Å². The van der Waals surface area contributed by atoms with E-state index in [1.165, 1.54) is 11.0 Å². The lowest BCUT2D eigenvalue weighted by Crippen LogP contribution is -2.09. The summed E-state index contributed by atoms with van der Waals surface area (Å²) in [4.78, 5) is 18.3. The van der Waals surface area contributed by atoms with Gasteiger partial charge in [-0.05, 0) is 6.07 Å². The molecule has 0 saturated carbocycles. The van der Waals surface area contributed by atoms with E-state index < -0.39 is 0 Å². The number of hydrogen-bond acceptors (Lipinski definition) is 4. The van der Waals surface area contributed by atoms with E-state index in [4.69, 9.17) is 0 Å². The molecule has 0 radical (unpaired) electrons. The molecule has 6 nitrogen and oxygen atoms in total. The van der Waals surface area contributed by atoms with Gasteiger partial charge in [0.2, 0.25) is 0 Å². The SMILES string of the molecule is Cn1ncc(-c2ccnc(=O)[nH]2)n1. The second kappa shape index (κ2) is 2.81. The highest BCUT2D eigenvalue weighted by atomic mass is 16.1. The second-order valence-corrected chi connectivity index (χ2v) is 2.51. The van der Waals surface area contributed by atoms with Crippen LogP contribution in [0.1, 0.15) is 0 Å². The maximum absolute atomic E-state index is 10.8. The van der Waals surface area contributed by atoms with Crippen molar-refractivity contribution in [2.45, 2.75) is 0 Å². The second-order valence-electron chi connectivity index (χ2n) is 2.51. The van der Waals surface area contributed by atoms with Gasteiger partial charge in [0.25, 0.3) is 0 Å². The van der Waals surface area contributed by atoms with Crippen LogP contribution in [-0.4, -0.2) is 25.0 Å². The number of nitrogens with zero attached hydrogens (tertiary/aromatic N) is 4. The number of hydrogen-bond donors (Lipinski definition) is 1. The maximum atomic E-state index is 10.8. The third-order valence-corrected chi connectivity index (χ3v) is 1.55. The first-order valence-corrected chi connectivity index (χ1v) is 3.68. The molecule has 0 aromatic carbocycles. The third-order valence-electron chi connectivity index (χ3n) is 1.55. The number of nitrogens with one attached hydrogen (secondary N) is 1. The van der Waals surface area contributed by atoms with Crippen molar-refractivity contribution in [3.63, 3.8) is 0 Å². The lowest BCUT2D eigenvalue weighted by molar-refractivity contribution is 0.655. The molecule has 0 aliphatic carbocycles. The van der Waals surface area contributed by atoms with Crippen LogP contribution in [0.25, 0.3) is 11.4 Å². The summed E-state index contributed by atoms with van der Waals surface area (Å²) in [6.07, 6.45) is 3.01. The molecule has 0 fully saturated rings. The van der Waals surface area contributed by atoms with Crippen LogP contribution in [0.2, 0.25) is 0 Å². The molecule has 0 aliphatic rings. The molecule has 0 spiro atoms. The summed E-state index contributed by atoms with van der Waals surface area (Å²) in [5.74, 6) is 0. The van der Waals surface area contributed by atoms with Crippen LogP contribution in [0.4, 0.5) is 0 Å². The van der Waals surface area contributed by atoms with Gasteiger partial charge in [0.1, 0.15) is 5.69 Å². The summed E-state index contributed by atoms with van der Waals surface area (Å²) in [5.41, 5.74) is 0.859. The van der Waals surface area contributed by atoms with Gasteiger partial charge in [0.05, 0.1) is 11.9 Å². The van der Waals surface area contributed by atoms with Crippen LogP contribution in [0.3, 0.4) is 0 Å². The zero-order chi connectivity index (χ0) is 9.26. The van der Waals surface area contributed by atoms with Crippen LogP contribution >= 0.6 is 0 Å². The summed E-state index contributed by atoms with van der Waals surface area (Å²) in [6, 6.07) is 1.67. The summed E-state index contributed by atoms with van der Waals surface area (Å²) in [7, 11) is 1.71. The van der Waals surface area contributed by atoms with Crippen molar-refractivity contribution in [1.82, 2.24) is 25.0 Å². The van der Waals surface area contributed by atoms with Crippen molar-refractivity contribution in [3.8, 4) is 11.4 Å². The summed E-state index contributed by atoms with van der Waals surface area (Å²) < 4.78 is 0. The molecule has 2 aromatic rings. The number of H-pyrrole nitrogens is 1. The van der Waals surface area contributed by atoms with Crippen molar-refractivity contribution in [1.29, 1.82) is 0 Å². The van der Waals surface area contributed by atoms with Gasteiger partial charge in [-0.1, -0.05) is 0 Å². The number of aromatic amines is 1. The van der Waals surface area contributed by atoms with Crippen LogP contribution < -0.4 is 5.69 Å². The third kappa shape index (κ3) is 1.46. The topological polar surface area (TPSA) is 76.5 Å². The van der Waals surface area contributed by atoms with Gasteiger partial charge in [0.15, 0.2) is 0 Å². The molecule has 0 amide bonds. The standard InChI is InChI=1S/C7H7N5O/c1-12-9-4-6(11-12)5-2-3-8-7(13)10-5/h2-4H,1H3,(H,8,10,13). The van der Waals surface area contributed by atoms with E-state index in [0.717, 1.165) is 0 Å². The number of aromatic nitrogens is 5. The molecular formula is C7H7N5O. The molecule has 6 heteroatoms. The largest absolute Gasteiger partial charge is 0.345 e. The Balaban J connectivity index is 2.52. The predicted octanol–water partition coefficient (Wildman–Crippen LogP) is -0.435. The molecule has 2 heterocycles. The Morgan fingerprint density at radius 3 is 3.00 bits per heavy atom. The van der Waals surface area contributed by atoms with Crippen LogP contribution in [0.15, 0.2) is 23.3 Å². The first-order valence-electron chi connectivity index (χ1n) is 3.68. The minimum atomic E-state index is -0.386. The van der Waals surface area contributed by atoms with E-state index >= 15 is 0 Å². The van der Waals surface area contributed by atoms with E-state index in [1.54, 1.807) is 19.3 Å². The van der Waals surface area contributed by atoms with E-state index in [-0.39, 0.29) is 5.69 Å². The molecule has 2 aromatic heterocycles. The molecule has 1 N–H and O–H groups in total. The van der Waals surface area contributed by atoms with Gasteiger partial charge in [-0.15, -0.1) is 0 Å². The lowest BCUT2D eigenvalue weighted by Gasteiger charge is -1.92. The molecule has 13 heavy (non-hydrogen) atoms. The monoisotopic (exact) mass is 177 g/mol. The summed E-state index contributed by atoms with van der Waals surface area (Å²) in [6.45, 7) is 0. The first kappa shape index (κ1) is 7.66. The molecule has 0 saturated heterocycles. The fourth-order valence-electron chi connectivity index (χ4n) is 0.987. The fraction of sp³-hybridized carbons (Fsp3) is 0.143. The smallest absolute Gasteiger partial charge is 0.304 e. The Kier molecular flexibility index (Phi) is 1.66. The van der Waals surface area contributed by atoms with E-state index in [2.05, 4.69) is 20.2 Å². The van der Waals surface area contributed by atoms with Crippen molar-refractivity contribution >= 4 is 0 Å². The van der Waals surface area contributed by atoms with Crippen LogP contribution in [0.5, 0.6) is 0 Å². The minimum Gasteiger partial charge on any atom is -0.304 e. The lowest BCUT2D eigenvalue weighted by atomic mass is 10.3. The van der Waals surface area contributed by atoms with Gasteiger partial charge in [0, 0.05) is 13.2 Å². The quantitative estimate of drug-likeness (QED) is 0.641. The van der Waals surface area contributed by atoms with Crippen molar-refractivity contribution < 1.29 is 0 Å². The molecule has 0 atom stereocenters. The van der Waals surface area contributed by atoms with Gasteiger partial charge >= 0.3 is 5.69 Å². The van der Waals surface area contributed by atoms with Crippen LogP contribution in [0, 0.1) is 0 Å². The number of aryl methyl sites for hydroxylation is 1. The summed E-state index contributed by atoms with van der Waals surface area (Å²) in [5, 5.41) is 7.92. The molecule has 0 aliphatic heterocycles. The first-order chi connectivity index (χ1) is 6.25. The highest BCUT2D eigenvalue weighted by molar-refractivity contribution is 5.50. The van der Waals surface area contributed by atoms with E-state index in [9.17, 15) is 4.79 Å². The zero-order valence-corrected chi connectivity index (χ0v) is 6.93. The van der Waals surface area contributed by atoms with Gasteiger partial charge in [-0.2, -0.15) is 15.0 Å². The van der Waals surface area contributed by atoms with Crippen LogP contribution in [-0.2, 0) is 7.05 Å². The normalized spacial score (nSPS) is 10.2. The predicted molar refractivity (Wildman–Crippen MR) is 44.9 cm³/mol. The molecule has 0 bridgehead atoms. The highest BCUT2D eigenvalue weighted by Crippen LogP contribution is 2.08. The van der Waals surface area contributed by atoms with Gasteiger partial charge in [-0.25, -0.2) is 9.78 Å². The van der Waals surface area contributed by atoms with Crippen molar-refractivity contribution in [3.05, 3.63) is 28.9 Å². The number of rotatable bonds is 1. The average Bonchev–Trinajstić information content (AvgIpc) is 2.52. The Labute approximate surface area is 73.2 Å². The molecule has 0 unspecified atom stereocenters. The van der Waals surface area contributed by atoms with Gasteiger partial charge in [-0.3, -0.25) is 0 Å². The maximum Gasteiger partial charge on any atom is 0.345 e. The zero-order valence-electron chi connectivity index (χ0n) is 6.93. The molecule has 2 rings (SSSR count). The van der Waals surface area contributed by atoms with E-state index in [0.29, 0.717) is 11.4 Å². The fourth-order valence-corrected chi connectivity index (χ4v) is 0.987. The average molecular weight is 177 g/mol. The highest BCUT2D eigenvalue weighted by Gasteiger charge is 2.01. The Bertz CT molecular complexity index is 471. The van der Waals surface area contributed by atoms with E-state index in [1.807, 2.05) is 0 Å². The summed E-state index contributed by atoms with van der Waals surface area (Å²) >= 11 is 0. The minimum absolute atomic E-state index is 0.386.